The Morgan fingerprint density at radius 1 is 1.54 bits per heavy atom. The van der Waals surface area contributed by atoms with E-state index in [2.05, 4.69) is 52.4 Å². The fourth-order valence-corrected chi connectivity index (χ4v) is 1.95. The summed E-state index contributed by atoms with van der Waals surface area (Å²) in [7, 11) is 0. The zero-order chi connectivity index (χ0) is 9.26. The van der Waals surface area contributed by atoms with E-state index >= 15 is 0 Å². The molecule has 0 heterocycles. The zero-order valence-corrected chi connectivity index (χ0v) is 9.34. The van der Waals surface area contributed by atoms with Gasteiger partial charge in [0.15, 0.2) is 0 Å². The molecule has 1 fully saturated rings. The van der Waals surface area contributed by atoms with Crippen LogP contribution in [0.1, 0.15) is 18.9 Å². The number of hydrogen-bond donors (Lipinski definition) is 1. The summed E-state index contributed by atoms with van der Waals surface area (Å²) in [4.78, 5) is 0. The molecule has 0 amide bonds. The van der Waals surface area contributed by atoms with Gasteiger partial charge in [0.05, 0.1) is 0 Å². The smallest absolute Gasteiger partial charge is 0.0208 e. The van der Waals surface area contributed by atoms with Gasteiger partial charge in [0.25, 0.3) is 0 Å². The first-order valence-corrected chi connectivity index (χ1v) is 5.53. The van der Waals surface area contributed by atoms with Gasteiger partial charge in [-0.25, -0.2) is 0 Å². The molecule has 1 aliphatic rings. The first-order chi connectivity index (χ1) is 6.25. The number of benzene rings is 1. The van der Waals surface area contributed by atoms with Crippen molar-refractivity contribution in [3.63, 3.8) is 0 Å². The molecule has 1 aromatic rings. The fourth-order valence-electron chi connectivity index (χ4n) is 1.50. The van der Waals surface area contributed by atoms with Crippen molar-refractivity contribution in [2.45, 2.75) is 25.9 Å². The van der Waals surface area contributed by atoms with Crippen LogP contribution < -0.4 is 5.32 Å². The van der Waals surface area contributed by atoms with Gasteiger partial charge in [0, 0.05) is 17.1 Å². The van der Waals surface area contributed by atoms with Crippen LogP contribution in [0.4, 0.5) is 0 Å². The number of halogens is 1. The monoisotopic (exact) mass is 239 g/mol. The molecule has 1 N–H and O–H groups in total. The van der Waals surface area contributed by atoms with Crippen molar-refractivity contribution in [3.05, 3.63) is 34.3 Å². The molecule has 0 bridgehead atoms. The van der Waals surface area contributed by atoms with E-state index in [-0.39, 0.29) is 0 Å². The van der Waals surface area contributed by atoms with Gasteiger partial charge >= 0.3 is 0 Å². The predicted molar refractivity (Wildman–Crippen MR) is 58.6 cm³/mol. The van der Waals surface area contributed by atoms with Crippen LogP contribution in [0, 0.1) is 5.92 Å². The van der Waals surface area contributed by atoms with Crippen molar-refractivity contribution in [3.8, 4) is 0 Å². The van der Waals surface area contributed by atoms with E-state index in [1.165, 1.54) is 12.0 Å². The molecule has 2 rings (SSSR count). The number of nitrogens with one attached hydrogen (secondary N) is 1. The highest BCUT2D eigenvalue weighted by atomic mass is 79.9. The molecule has 0 unspecified atom stereocenters. The molecule has 0 radical (unpaired) electrons. The van der Waals surface area contributed by atoms with E-state index < -0.39 is 0 Å². The van der Waals surface area contributed by atoms with Crippen molar-refractivity contribution in [1.82, 2.24) is 5.32 Å². The zero-order valence-electron chi connectivity index (χ0n) is 7.76. The Bertz CT molecular complexity index is 298. The Labute approximate surface area is 87.7 Å². The van der Waals surface area contributed by atoms with Gasteiger partial charge in [-0.1, -0.05) is 35.0 Å². The minimum atomic E-state index is 0.763. The van der Waals surface area contributed by atoms with Crippen molar-refractivity contribution in [2.75, 3.05) is 0 Å². The summed E-state index contributed by atoms with van der Waals surface area (Å²) in [6, 6.07) is 9.23. The molecule has 70 valence electrons. The minimum Gasteiger partial charge on any atom is -0.310 e. The normalized spacial score (nSPS) is 26.0. The van der Waals surface area contributed by atoms with Gasteiger partial charge in [-0.05, 0) is 30.0 Å². The quantitative estimate of drug-likeness (QED) is 0.856. The summed E-state index contributed by atoms with van der Waals surface area (Å²) in [6.45, 7) is 3.28. The average Bonchev–Trinajstić information content (AvgIpc) is 2.79. The lowest BCUT2D eigenvalue weighted by atomic mass is 10.2. The maximum atomic E-state index is 3.53. The molecule has 1 aromatic carbocycles. The Hall–Kier alpha value is -0.340. The topological polar surface area (TPSA) is 12.0 Å². The molecule has 0 saturated heterocycles. The van der Waals surface area contributed by atoms with Crippen LogP contribution in [-0.4, -0.2) is 6.04 Å². The van der Waals surface area contributed by atoms with E-state index in [0.29, 0.717) is 0 Å². The predicted octanol–water partition coefficient (Wildman–Crippen LogP) is 2.95. The second kappa shape index (κ2) is 3.81. The molecule has 13 heavy (non-hydrogen) atoms. The Balaban J connectivity index is 1.87. The summed E-state index contributed by atoms with van der Waals surface area (Å²) in [5.41, 5.74) is 1.36. The molecule has 2 atom stereocenters. The average molecular weight is 240 g/mol. The number of hydrogen-bond acceptors (Lipinski definition) is 1. The van der Waals surface area contributed by atoms with E-state index in [0.717, 1.165) is 23.0 Å². The Morgan fingerprint density at radius 2 is 2.31 bits per heavy atom. The third kappa shape index (κ3) is 2.55. The minimum absolute atomic E-state index is 0.763. The lowest BCUT2D eigenvalue weighted by Gasteiger charge is -2.03. The molecule has 1 saturated carbocycles. The van der Waals surface area contributed by atoms with Crippen molar-refractivity contribution in [1.29, 1.82) is 0 Å². The first-order valence-electron chi connectivity index (χ1n) is 4.73. The van der Waals surface area contributed by atoms with Crippen LogP contribution in [-0.2, 0) is 6.54 Å². The maximum absolute atomic E-state index is 3.53. The third-order valence-electron chi connectivity index (χ3n) is 2.57. The van der Waals surface area contributed by atoms with E-state index in [4.69, 9.17) is 0 Å². The summed E-state index contributed by atoms with van der Waals surface area (Å²) in [6.07, 6.45) is 1.34. The summed E-state index contributed by atoms with van der Waals surface area (Å²) >= 11 is 3.47. The summed E-state index contributed by atoms with van der Waals surface area (Å²) in [5, 5.41) is 3.53. The maximum Gasteiger partial charge on any atom is 0.0208 e. The van der Waals surface area contributed by atoms with Gasteiger partial charge in [-0.2, -0.15) is 0 Å². The summed E-state index contributed by atoms with van der Waals surface area (Å²) < 4.78 is 1.16. The van der Waals surface area contributed by atoms with Gasteiger partial charge in [-0.15, -0.1) is 0 Å². The second-order valence-corrected chi connectivity index (χ2v) is 4.75. The standard InChI is InChI=1S/C11H14BrN/c1-8-5-11(8)13-7-9-3-2-4-10(12)6-9/h2-4,6,8,11,13H,5,7H2,1H3/t8-,11-/m1/s1. The van der Waals surface area contributed by atoms with Gasteiger partial charge in [0.2, 0.25) is 0 Å². The second-order valence-electron chi connectivity index (χ2n) is 3.83. The van der Waals surface area contributed by atoms with Crippen LogP contribution in [0.2, 0.25) is 0 Å². The molecule has 0 aromatic heterocycles. The highest BCUT2D eigenvalue weighted by Crippen LogP contribution is 2.29. The van der Waals surface area contributed by atoms with E-state index in [1.807, 2.05) is 0 Å². The summed E-state index contributed by atoms with van der Waals surface area (Å²) in [5.74, 6) is 0.882. The molecule has 1 aliphatic carbocycles. The Morgan fingerprint density at radius 3 is 2.92 bits per heavy atom. The van der Waals surface area contributed by atoms with E-state index in [1.54, 1.807) is 0 Å². The number of rotatable bonds is 3. The molecule has 1 nitrogen and oxygen atoms in total. The largest absolute Gasteiger partial charge is 0.310 e. The third-order valence-corrected chi connectivity index (χ3v) is 3.06. The van der Waals surface area contributed by atoms with Crippen molar-refractivity contribution >= 4 is 15.9 Å². The van der Waals surface area contributed by atoms with E-state index in [9.17, 15) is 0 Å². The molecule has 0 spiro atoms. The molecule has 0 aliphatic heterocycles. The molecular weight excluding hydrogens is 226 g/mol. The van der Waals surface area contributed by atoms with Crippen LogP contribution in [0.5, 0.6) is 0 Å². The lowest BCUT2D eigenvalue weighted by Crippen LogP contribution is -2.16. The highest BCUT2D eigenvalue weighted by molar-refractivity contribution is 9.10. The van der Waals surface area contributed by atoms with Gasteiger partial charge < -0.3 is 5.32 Å². The van der Waals surface area contributed by atoms with Crippen LogP contribution >= 0.6 is 15.9 Å². The van der Waals surface area contributed by atoms with Crippen molar-refractivity contribution < 1.29 is 0 Å². The fraction of sp³-hybridized carbons (Fsp3) is 0.455. The first kappa shape index (κ1) is 9.22. The van der Waals surface area contributed by atoms with Gasteiger partial charge in [-0.3, -0.25) is 0 Å². The highest BCUT2D eigenvalue weighted by Gasteiger charge is 2.31. The van der Waals surface area contributed by atoms with Crippen LogP contribution in [0.15, 0.2) is 28.7 Å². The van der Waals surface area contributed by atoms with Gasteiger partial charge in [0.1, 0.15) is 0 Å². The van der Waals surface area contributed by atoms with Crippen LogP contribution in [0.25, 0.3) is 0 Å². The molecule has 2 heteroatoms. The Kier molecular flexibility index (Phi) is 2.70. The van der Waals surface area contributed by atoms with Crippen LogP contribution in [0.3, 0.4) is 0 Å². The lowest BCUT2D eigenvalue weighted by molar-refractivity contribution is 0.652. The molecular formula is C11H14BrN. The SMILES string of the molecule is C[C@@H]1C[C@H]1NCc1cccc(Br)c1. The van der Waals surface area contributed by atoms with Crippen molar-refractivity contribution in [2.24, 2.45) is 5.92 Å².